The third kappa shape index (κ3) is 6.71. The van der Waals surface area contributed by atoms with Gasteiger partial charge in [-0.3, -0.25) is 9.69 Å². The molecule has 1 atom stereocenters. The van der Waals surface area contributed by atoms with Crippen molar-refractivity contribution in [1.82, 2.24) is 10.2 Å². The summed E-state index contributed by atoms with van der Waals surface area (Å²) in [4.78, 5) is 14.3. The Kier molecular flexibility index (Phi) is 6.96. The van der Waals surface area contributed by atoms with Crippen molar-refractivity contribution >= 4 is 5.91 Å². The Morgan fingerprint density at radius 3 is 2.70 bits per heavy atom. The highest BCUT2D eigenvalue weighted by atomic mass is 16.5. The molecule has 4 nitrogen and oxygen atoms in total. The molecule has 0 aromatic rings. The van der Waals surface area contributed by atoms with E-state index in [1.54, 1.807) is 0 Å². The molecule has 0 aromatic heterocycles. The monoisotopic (exact) mass is 284 g/mol. The summed E-state index contributed by atoms with van der Waals surface area (Å²) < 4.78 is 5.74. The van der Waals surface area contributed by atoms with Crippen LogP contribution in [0.25, 0.3) is 0 Å². The van der Waals surface area contributed by atoms with Gasteiger partial charge in [-0.15, -0.1) is 0 Å². The molecule has 20 heavy (non-hydrogen) atoms. The van der Waals surface area contributed by atoms with Gasteiger partial charge in [-0.1, -0.05) is 34.6 Å². The van der Waals surface area contributed by atoms with Gasteiger partial charge in [-0.2, -0.15) is 0 Å². The Bertz CT molecular complexity index is 297. The van der Waals surface area contributed by atoms with Crippen molar-refractivity contribution in [2.75, 3.05) is 32.8 Å². The molecule has 1 rings (SSSR count). The minimum absolute atomic E-state index is 0.0954. The Morgan fingerprint density at radius 2 is 2.10 bits per heavy atom. The van der Waals surface area contributed by atoms with E-state index in [-0.39, 0.29) is 17.4 Å². The van der Waals surface area contributed by atoms with E-state index in [1.807, 2.05) is 20.8 Å². The first-order valence-corrected chi connectivity index (χ1v) is 7.91. The van der Waals surface area contributed by atoms with Crippen molar-refractivity contribution in [3.63, 3.8) is 0 Å². The third-order valence-electron chi connectivity index (χ3n) is 3.65. The van der Waals surface area contributed by atoms with Gasteiger partial charge in [0.15, 0.2) is 0 Å². The molecule has 118 valence electrons. The van der Waals surface area contributed by atoms with E-state index in [2.05, 4.69) is 24.1 Å². The minimum Gasteiger partial charge on any atom is -0.374 e. The van der Waals surface area contributed by atoms with Gasteiger partial charge in [0.25, 0.3) is 0 Å². The molecule has 0 aromatic carbocycles. The third-order valence-corrected chi connectivity index (χ3v) is 3.65. The highest BCUT2D eigenvalue weighted by Crippen LogP contribution is 2.13. The van der Waals surface area contributed by atoms with Crippen LogP contribution < -0.4 is 5.32 Å². The Labute approximate surface area is 124 Å². The normalized spacial score (nSPS) is 21.2. The summed E-state index contributed by atoms with van der Waals surface area (Å²) in [5.74, 6) is 0.871. The highest BCUT2D eigenvalue weighted by molar-refractivity contribution is 5.81. The number of nitrogens with one attached hydrogen (secondary N) is 1. The highest BCUT2D eigenvalue weighted by Gasteiger charge is 2.24. The molecule has 1 heterocycles. The van der Waals surface area contributed by atoms with Crippen LogP contribution in [0.4, 0.5) is 0 Å². The summed E-state index contributed by atoms with van der Waals surface area (Å²) in [6.45, 7) is 14.8. The molecular formula is C16H32N2O2. The molecule has 0 spiro atoms. The van der Waals surface area contributed by atoms with Crippen LogP contribution in [0.15, 0.2) is 0 Å². The Hall–Kier alpha value is -0.610. The fourth-order valence-corrected chi connectivity index (χ4v) is 2.30. The van der Waals surface area contributed by atoms with Crippen molar-refractivity contribution in [2.45, 2.75) is 53.6 Å². The second-order valence-corrected chi connectivity index (χ2v) is 7.29. The fraction of sp³-hybridized carbons (Fsp3) is 0.938. The van der Waals surface area contributed by atoms with E-state index in [4.69, 9.17) is 4.74 Å². The quantitative estimate of drug-likeness (QED) is 0.813. The summed E-state index contributed by atoms with van der Waals surface area (Å²) in [6.07, 6.45) is 2.66. The zero-order chi connectivity index (χ0) is 15.2. The molecule has 4 heteroatoms. The zero-order valence-electron chi connectivity index (χ0n) is 13.9. The zero-order valence-corrected chi connectivity index (χ0v) is 13.9. The van der Waals surface area contributed by atoms with Crippen LogP contribution in [-0.2, 0) is 9.53 Å². The first-order chi connectivity index (χ1) is 9.29. The number of hydrogen-bond donors (Lipinski definition) is 1. The summed E-state index contributed by atoms with van der Waals surface area (Å²) in [6, 6.07) is 0. The summed E-state index contributed by atoms with van der Waals surface area (Å²) in [5, 5.41) is 3.00. The van der Waals surface area contributed by atoms with E-state index in [0.29, 0.717) is 6.54 Å². The average molecular weight is 284 g/mol. The lowest BCUT2D eigenvalue weighted by Crippen LogP contribution is -2.49. The second kappa shape index (κ2) is 7.99. The van der Waals surface area contributed by atoms with Gasteiger partial charge in [0.05, 0.1) is 12.7 Å². The SMILES string of the molecule is CC(C)CCCN1CCO[C@@H](CNC(=O)C(C)(C)C)C1. The van der Waals surface area contributed by atoms with Crippen LogP contribution in [0.5, 0.6) is 0 Å². The van der Waals surface area contributed by atoms with Crippen molar-refractivity contribution < 1.29 is 9.53 Å². The largest absolute Gasteiger partial charge is 0.374 e. The van der Waals surface area contributed by atoms with Crippen LogP contribution >= 0.6 is 0 Å². The molecule has 1 aliphatic rings. The summed E-state index contributed by atoms with van der Waals surface area (Å²) >= 11 is 0. The van der Waals surface area contributed by atoms with Crippen molar-refractivity contribution in [3.05, 3.63) is 0 Å². The molecule has 0 saturated carbocycles. The first-order valence-electron chi connectivity index (χ1n) is 7.91. The molecule has 1 aliphatic heterocycles. The topological polar surface area (TPSA) is 41.6 Å². The number of nitrogens with zero attached hydrogens (tertiary/aromatic N) is 1. The standard InChI is InChI=1S/C16H32N2O2/c1-13(2)7-6-8-18-9-10-20-14(12-18)11-17-15(19)16(3,4)5/h13-14H,6-12H2,1-5H3,(H,17,19)/t14-/m0/s1. The molecule has 1 amide bonds. The maximum Gasteiger partial charge on any atom is 0.225 e. The molecule has 1 saturated heterocycles. The van der Waals surface area contributed by atoms with Gasteiger partial charge >= 0.3 is 0 Å². The lowest BCUT2D eigenvalue weighted by molar-refractivity contribution is -0.129. The van der Waals surface area contributed by atoms with E-state index in [1.165, 1.54) is 12.8 Å². The Balaban J connectivity index is 2.25. The van der Waals surface area contributed by atoms with Crippen molar-refractivity contribution in [1.29, 1.82) is 0 Å². The van der Waals surface area contributed by atoms with Gasteiger partial charge in [0.1, 0.15) is 0 Å². The number of rotatable bonds is 6. The molecule has 0 aliphatic carbocycles. The maximum absolute atomic E-state index is 11.9. The molecular weight excluding hydrogens is 252 g/mol. The number of carbonyl (C=O) groups excluding carboxylic acids is 1. The van der Waals surface area contributed by atoms with E-state index in [0.717, 1.165) is 32.2 Å². The first kappa shape index (κ1) is 17.4. The van der Waals surface area contributed by atoms with E-state index in [9.17, 15) is 4.79 Å². The molecule has 1 fully saturated rings. The lowest BCUT2D eigenvalue weighted by atomic mass is 9.95. The van der Waals surface area contributed by atoms with Crippen LogP contribution in [0, 0.1) is 11.3 Å². The van der Waals surface area contributed by atoms with Crippen molar-refractivity contribution in [2.24, 2.45) is 11.3 Å². The Morgan fingerprint density at radius 1 is 1.40 bits per heavy atom. The number of amides is 1. The van der Waals surface area contributed by atoms with Crippen molar-refractivity contribution in [3.8, 4) is 0 Å². The summed E-state index contributed by atoms with van der Waals surface area (Å²) in [5.41, 5.74) is -0.328. The minimum atomic E-state index is -0.328. The molecule has 0 unspecified atom stereocenters. The maximum atomic E-state index is 11.9. The average Bonchev–Trinajstić information content (AvgIpc) is 2.35. The van der Waals surface area contributed by atoms with Gasteiger partial charge in [-0.25, -0.2) is 0 Å². The van der Waals surface area contributed by atoms with Crippen LogP contribution in [-0.4, -0.2) is 49.7 Å². The fourth-order valence-electron chi connectivity index (χ4n) is 2.30. The number of hydrogen-bond acceptors (Lipinski definition) is 3. The van der Waals surface area contributed by atoms with Gasteiger partial charge in [0, 0.05) is 25.0 Å². The van der Waals surface area contributed by atoms with Crippen LogP contribution in [0.1, 0.15) is 47.5 Å². The predicted octanol–water partition coefficient (Wildman–Crippen LogP) is 2.29. The van der Waals surface area contributed by atoms with Gasteiger partial charge in [0.2, 0.25) is 5.91 Å². The van der Waals surface area contributed by atoms with Gasteiger partial charge in [-0.05, 0) is 25.3 Å². The lowest BCUT2D eigenvalue weighted by Gasteiger charge is -2.33. The second-order valence-electron chi connectivity index (χ2n) is 7.29. The number of morpholine rings is 1. The molecule has 0 radical (unpaired) electrons. The van der Waals surface area contributed by atoms with E-state index >= 15 is 0 Å². The number of ether oxygens (including phenoxy) is 1. The van der Waals surface area contributed by atoms with Crippen LogP contribution in [0.2, 0.25) is 0 Å². The van der Waals surface area contributed by atoms with Gasteiger partial charge < -0.3 is 10.1 Å². The van der Waals surface area contributed by atoms with Crippen LogP contribution in [0.3, 0.4) is 0 Å². The molecule has 0 bridgehead atoms. The molecule has 1 N–H and O–H groups in total. The van der Waals surface area contributed by atoms with E-state index < -0.39 is 0 Å². The smallest absolute Gasteiger partial charge is 0.225 e. The number of carbonyl (C=O) groups is 1. The predicted molar refractivity (Wildman–Crippen MR) is 82.7 cm³/mol. The summed E-state index contributed by atoms with van der Waals surface area (Å²) in [7, 11) is 0.